The second kappa shape index (κ2) is 11.3. The van der Waals surface area contributed by atoms with Gasteiger partial charge in [-0.05, 0) is 37.7 Å². The Bertz CT molecular complexity index is 1080. The van der Waals surface area contributed by atoms with Crippen LogP contribution in [0.25, 0.3) is 0 Å². The third-order valence-corrected chi connectivity index (χ3v) is 5.87. The second-order valence-corrected chi connectivity index (χ2v) is 8.85. The first-order valence-electron chi connectivity index (χ1n) is 9.17. The molecule has 0 spiro atoms. The number of aryl methyl sites for hydroxylation is 1. The lowest BCUT2D eigenvalue weighted by atomic mass is 10.2. The van der Waals surface area contributed by atoms with Gasteiger partial charge in [0.05, 0.1) is 13.2 Å². The van der Waals surface area contributed by atoms with Crippen molar-refractivity contribution in [1.82, 2.24) is 14.9 Å². The summed E-state index contributed by atoms with van der Waals surface area (Å²) in [5.41, 5.74) is 6.77. The highest BCUT2D eigenvalue weighted by Crippen LogP contribution is 2.37. The van der Waals surface area contributed by atoms with Crippen LogP contribution >= 0.6 is 19.6 Å². The quantitative estimate of drug-likeness (QED) is 0.338. The van der Waals surface area contributed by atoms with E-state index in [0.717, 1.165) is 6.07 Å². The molecule has 0 aliphatic heterocycles. The number of phosphoric ester groups is 1. The summed E-state index contributed by atoms with van der Waals surface area (Å²) in [6.07, 6.45) is 1.90. The summed E-state index contributed by atoms with van der Waals surface area (Å²) in [6.45, 7) is 2.80. The van der Waals surface area contributed by atoms with Crippen LogP contribution in [0.2, 0.25) is 0 Å². The predicted molar refractivity (Wildman–Crippen MR) is 116 cm³/mol. The average Bonchev–Trinajstić information content (AvgIpc) is 2.71. The van der Waals surface area contributed by atoms with E-state index in [9.17, 15) is 18.5 Å². The molecule has 0 aliphatic rings. The number of thioether (sulfide) groups is 1. The van der Waals surface area contributed by atoms with E-state index < -0.39 is 25.4 Å². The van der Waals surface area contributed by atoms with Crippen LogP contribution in [0.1, 0.15) is 35.1 Å². The Morgan fingerprint density at radius 2 is 2.12 bits per heavy atom. The fraction of sp³-hybridized carbons (Fsp3) is 0.263. The number of hydrogen-bond donors (Lipinski definition) is 3. The number of nitrogen functional groups attached to an aromatic ring is 1. The van der Waals surface area contributed by atoms with E-state index in [-0.39, 0.29) is 24.3 Å². The predicted octanol–water partition coefficient (Wildman–Crippen LogP) is 2.77. The molecule has 0 aliphatic carbocycles. The highest BCUT2D eigenvalue weighted by atomic mass is 32.2. The van der Waals surface area contributed by atoms with Gasteiger partial charge >= 0.3 is 7.82 Å². The van der Waals surface area contributed by atoms with Crippen molar-refractivity contribution >= 4 is 36.9 Å². The van der Waals surface area contributed by atoms with Crippen LogP contribution in [0.3, 0.4) is 0 Å². The van der Waals surface area contributed by atoms with E-state index in [0.29, 0.717) is 40.2 Å². The number of benzene rings is 1. The third kappa shape index (κ3) is 7.81. The van der Waals surface area contributed by atoms with E-state index in [2.05, 4.69) is 14.5 Å². The maximum atomic E-state index is 13.5. The highest BCUT2D eigenvalue weighted by Gasteiger charge is 2.20. The molecule has 0 fully saturated rings. The number of phosphoric acid groups is 1. The first-order chi connectivity index (χ1) is 15.0. The smallest absolute Gasteiger partial charge is 0.383 e. The van der Waals surface area contributed by atoms with Crippen LogP contribution in [0.5, 0.6) is 0 Å². The van der Waals surface area contributed by atoms with Gasteiger partial charge in [0.25, 0.3) is 0 Å². The molecule has 1 heterocycles. The molecule has 1 aromatic carbocycles. The van der Waals surface area contributed by atoms with Crippen molar-refractivity contribution < 1.29 is 32.9 Å². The summed E-state index contributed by atoms with van der Waals surface area (Å²) < 4.78 is 29.0. The minimum atomic E-state index is -4.73. The number of nitrogens with two attached hydrogens (primary N) is 1. The van der Waals surface area contributed by atoms with Gasteiger partial charge in [-0.2, -0.15) is 0 Å². The Balaban J connectivity index is 2.33. The summed E-state index contributed by atoms with van der Waals surface area (Å²) in [5, 5.41) is -0.515. The number of carbonyl (C=O) groups is 2. The Hall–Kier alpha value is -2.63. The lowest BCUT2D eigenvalue weighted by Crippen LogP contribution is -2.22. The van der Waals surface area contributed by atoms with Gasteiger partial charge in [0.2, 0.25) is 11.5 Å². The minimum Gasteiger partial charge on any atom is -0.383 e. The van der Waals surface area contributed by atoms with E-state index in [1.54, 1.807) is 13.8 Å². The fourth-order valence-electron chi connectivity index (χ4n) is 2.56. The van der Waals surface area contributed by atoms with E-state index in [1.807, 2.05) is 0 Å². The van der Waals surface area contributed by atoms with E-state index >= 15 is 0 Å². The molecule has 4 N–H and O–H groups in total. The van der Waals surface area contributed by atoms with Crippen molar-refractivity contribution in [3.8, 4) is 0 Å². The number of aromatic nitrogens is 2. The topological polar surface area (TPSA) is 156 Å². The third-order valence-electron chi connectivity index (χ3n) is 4.19. The fourth-order valence-corrected chi connectivity index (χ4v) is 3.81. The number of allylic oxidation sites excluding steroid dienone is 1. The van der Waals surface area contributed by atoms with Crippen molar-refractivity contribution in [2.24, 2.45) is 0 Å². The molecule has 2 rings (SSSR count). The molecule has 0 atom stereocenters. The van der Waals surface area contributed by atoms with Gasteiger partial charge in [-0.1, -0.05) is 12.1 Å². The monoisotopic (exact) mass is 484 g/mol. The Morgan fingerprint density at radius 1 is 1.41 bits per heavy atom. The van der Waals surface area contributed by atoms with Crippen LogP contribution < -0.4 is 5.73 Å². The normalized spacial score (nSPS) is 12.3. The van der Waals surface area contributed by atoms with E-state index in [1.165, 1.54) is 29.3 Å². The summed E-state index contributed by atoms with van der Waals surface area (Å²) >= 11 is 0.704. The SMILES string of the molecule is CC(=C(CCOP(=O)(O)O)SC(=O)c1cccc(F)c1)N(C=O)Cc1cnc(C)nc1N. The molecule has 13 heteroatoms. The maximum absolute atomic E-state index is 13.5. The summed E-state index contributed by atoms with van der Waals surface area (Å²) in [5.74, 6) is 0.0580. The summed E-state index contributed by atoms with van der Waals surface area (Å²) in [6, 6.07) is 5.07. The molecule has 0 radical (unpaired) electrons. The van der Waals surface area contributed by atoms with Gasteiger partial charge in [0, 0.05) is 34.3 Å². The Labute approximate surface area is 187 Å². The van der Waals surface area contributed by atoms with Gasteiger partial charge in [0.1, 0.15) is 17.5 Å². The van der Waals surface area contributed by atoms with Crippen molar-refractivity contribution in [1.29, 1.82) is 0 Å². The molecule has 0 bridgehead atoms. The molecule has 172 valence electrons. The van der Waals surface area contributed by atoms with Gasteiger partial charge in [-0.15, -0.1) is 0 Å². The Kier molecular flexibility index (Phi) is 9.05. The van der Waals surface area contributed by atoms with Crippen molar-refractivity contribution in [2.75, 3.05) is 12.3 Å². The van der Waals surface area contributed by atoms with Crippen molar-refractivity contribution in [3.63, 3.8) is 0 Å². The number of nitrogens with zero attached hydrogens (tertiary/aromatic N) is 3. The van der Waals surface area contributed by atoms with Gasteiger partial charge in [-0.3, -0.25) is 14.1 Å². The molecular weight excluding hydrogens is 462 g/mol. The van der Waals surface area contributed by atoms with Gasteiger partial charge in [0.15, 0.2) is 0 Å². The lowest BCUT2D eigenvalue weighted by molar-refractivity contribution is -0.116. The first kappa shape index (κ1) is 25.6. The number of anilines is 1. The number of carbonyl (C=O) groups excluding carboxylic acids is 2. The second-order valence-electron chi connectivity index (χ2n) is 6.54. The number of amides is 1. The van der Waals surface area contributed by atoms with Crippen molar-refractivity contribution in [2.45, 2.75) is 26.8 Å². The minimum absolute atomic E-state index is 0.000980. The van der Waals surface area contributed by atoms with Gasteiger partial charge in [-0.25, -0.2) is 18.9 Å². The van der Waals surface area contributed by atoms with Crippen LogP contribution in [-0.4, -0.2) is 42.8 Å². The molecule has 0 saturated heterocycles. The Morgan fingerprint density at radius 3 is 2.72 bits per heavy atom. The molecule has 1 aromatic heterocycles. The van der Waals surface area contributed by atoms with Crippen LogP contribution in [0, 0.1) is 12.7 Å². The highest BCUT2D eigenvalue weighted by molar-refractivity contribution is 8.17. The van der Waals surface area contributed by atoms with E-state index in [4.69, 9.17) is 15.5 Å². The standard InChI is InChI=1S/C19H22FN4O6PS/c1-12(24(11-25)10-15-9-22-13(2)23-18(15)21)17(6-7-30-31(27,28)29)32-19(26)14-4-3-5-16(20)8-14/h3-5,8-9,11H,6-7,10H2,1-2H3,(H2,21,22,23)(H2,27,28,29). The molecular formula is C19H22FN4O6PS. The number of halogens is 1. The summed E-state index contributed by atoms with van der Waals surface area (Å²) in [7, 11) is -4.73. The maximum Gasteiger partial charge on any atom is 0.469 e. The van der Waals surface area contributed by atoms with Crippen LogP contribution in [0.15, 0.2) is 41.1 Å². The van der Waals surface area contributed by atoms with Crippen LogP contribution in [-0.2, 0) is 20.4 Å². The number of rotatable bonds is 10. The first-order valence-corrected chi connectivity index (χ1v) is 11.5. The molecule has 0 unspecified atom stereocenters. The average molecular weight is 484 g/mol. The number of hydrogen-bond acceptors (Lipinski definition) is 8. The molecule has 2 aromatic rings. The molecule has 10 nitrogen and oxygen atoms in total. The summed E-state index contributed by atoms with van der Waals surface area (Å²) in [4.78, 5) is 51.9. The zero-order valence-corrected chi connectivity index (χ0v) is 19.0. The lowest BCUT2D eigenvalue weighted by Gasteiger charge is -2.22. The molecule has 1 amide bonds. The zero-order chi connectivity index (χ0) is 23.9. The largest absolute Gasteiger partial charge is 0.469 e. The zero-order valence-electron chi connectivity index (χ0n) is 17.3. The van der Waals surface area contributed by atoms with Crippen molar-refractivity contribution in [3.05, 3.63) is 63.8 Å². The van der Waals surface area contributed by atoms with Crippen LogP contribution in [0.4, 0.5) is 10.2 Å². The molecule has 32 heavy (non-hydrogen) atoms. The molecule has 0 saturated carbocycles. The van der Waals surface area contributed by atoms with Gasteiger partial charge < -0.3 is 20.4 Å².